The van der Waals surface area contributed by atoms with Crippen molar-refractivity contribution in [1.29, 1.82) is 0 Å². The second-order valence-electron chi connectivity index (χ2n) is 11.1. The van der Waals surface area contributed by atoms with E-state index in [0.717, 1.165) is 64.1 Å². The molecule has 0 aromatic heterocycles. The van der Waals surface area contributed by atoms with Gasteiger partial charge in [-0.15, -0.1) is 0 Å². The highest BCUT2D eigenvalue weighted by molar-refractivity contribution is 6.05. The van der Waals surface area contributed by atoms with Crippen molar-refractivity contribution in [1.82, 2.24) is 20.4 Å². The molecule has 2 aliphatic heterocycles. The minimum absolute atomic E-state index is 0.0169. The molecular formula is C29H43N5O5. The van der Waals surface area contributed by atoms with Crippen LogP contribution in [0.3, 0.4) is 0 Å². The summed E-state index contributed by atoms with van der Waals surface area (Å²) in [7, 11) is 0. The van der Waals surface area contributed by atoms with Crippen molar-refractivity contribution in [2.45, 2.75) is 57.4 Å². The summed E-state index contributed by atoms with van der Waals surface area (Å²) in [6, 6.07) is 8.52. The maximum atomic E-state index is 13.2. The van der Waals surface area contributed by atoms with Gasteiger partial charge in [0.25, 0.3) is 0 Å². The third-order valence-corrected chi connectivity index (χ3v) is 8.49. The van der Waals surface area contributed by atoms with E-state index in [0.29, 0.717) is 31.8 Å². The van der Waals surface area contributed by atoms with Crippen LogP contribution >= 0.6 is 0 Å². The number of carbonyl (C=O) groups is 4. The van der Waals surface area contributed by atoms with Crippen LogP contribution in [-0.4, -0.2) is 92.0 Å². The van der Waals surface area contributed by atoms with Crippen LogP contribution < -0.4 is 16.4 Å². The van der Waals surface area contributed by atoms with E-state index >= 15 is 0 Å². The Morgan fingerprint density at radius 2 is 1.67 bits per heavy atom. The fourth-order valence-electron chi connectivity index (χ4n) is 5.97. The van der Waals surface area contributed by atoms with Crippen molar-refractivity contribution >= 4 is 23.6 Å². The highest BCUT2D eigenvalue weighted by Gasteiger charge is 2.47. The summed E-state index contributed by atoms with van der Waals surface area (Å²) < 4.78 is 5.45. The Bertz CT molecular complexity index is 983. The quantitative estimate of drug-likeness (QED) is 0.356. The second kappa shape index (κ2) is 13.9. The summed E-state index contributed by atoms with van der Waals surface area (Å²) >= 11 is 0. The van der Waals surface area contributed by atoms with Gasteiger partial charge < -0.3 is 26.0 Å². The smallest absolute Gasteiger partial charge is 0.242 e. The number of rotatable bonds is 11. The molecule has 0 bridgehead atoms. The molecule has 0 radical (unpaired) electrons. The zero-order chi connectivity index (χ0) is 27.7. The molecule has 214 valence electrons. The highest BCUT2D eigenvalue weighted by atomic mass is 16.5. The fraction of sp³-hybridized carbons (Fsp3) is 0.655. The van der Waals surface area contributed by atoms with Crippen molar-refractivity contribution in [2.75, 3.05) is 52.5 Å². The van der Waals surface area contributed by atoms with E-state index in [1.807, 2.05) is 35.2 Å². The van der Waals surface area contributed by atoms with Crippen molar-refractivity contribution in [3.8, 4) is 0 Å². The van der Waals surface area contributed by atoms with Gasteiger partial charge in [0.2, 0.25) is 23.6 Å². The normalized spacial score (nSPS) is 20.8. The average Bonchev–Trinajstić information content (AvgIpc) is 3.46. The van der Waals surface area contributed by atoms with Gasteiger partial charge in [0.15, 0.2) is 0 Å². The molecule has 2 heterocycles. The van der Waals surface area contributed by atoms with Crippen LogP contribution in [0.2, 0.25) is 0 Å². The lowest BCUT2D eigenvalue weighted by Gasteiger charge is -2.37. The number of carbonyl (C=O) groups excluding carboxylic acids is 4. The van der Waals surface area contributed by atoms with Gasteiger partial charge in [0.05, 0.1) is 0 Å². The maximum absolute atomic E-state index is 13.2. The SMILES string of the molecule is NC(=O)C1(C(=O)N[C@H](Cc2ccccc2)C(=O)NCCC(=O)N2CCN(CC3CCOCC3)CC2)CCCC1. The number of hydrogen-bond acceptors (Lipinski definition) is 6. The summed E-state index contributed by atoms with van der Waals surface area (Å²) in [5.41, 5.74) is 5.24. The first-order valence-electron chi connectivity index (χ1n) is 14.4. The van der Waals surface area contributed by atoms with E-state index in [9.17, 15) is 19.2 Å². The van der Waals surface area contributed by atoms with E-state index in [-0.39, 0.29) is 31.2 Å². The van der Waals surface area contributed by atoms with Gasteiger partial charge in [-0.2, -0.15) is 0 Å². The molecule has 39 heavy (non-hydrogen) atoms. The molecule has 4 amide bonds. The molecule has 4 N–H and O–H groups in total. The van der Waals surface area contributed by atoms with Crippen molar-refractivity contribution in [2.24, 2.45) is 17.1 Å². The number of piperazine rings is 1. The summed E-state index contributed by atoms with van der Waals surface area (Å²) in [6.45, 7) is 6.04. The van der Waals surface area contributed by atoms with Gasteiger partial charge in [-0.3, -0.25) is 24.1 Å². The van der Waals surface area contributed by atoms with E-state index in [1.54, 1.807) is 0 Å². The number of ether oxygens (including phenoxy) is 1. The fourth-order valence-corrected chi connectivity index (χ4v) is 5.97. The van der Waals surface area contributed by atoms with Gasteiger partial charge in [0, 0.05) is 65.3 Å². The highest BCUT2D eigenvalue weighted by Crippen LogP contribution is 2.38. The number of amides is 4. The van der Waals surface area contributed by atoms with E-state index in [2.05, 4.69) is 15.5 Å². The molecule has 4 rings (SSSR count). The number of primary amides is 1. The third-order valence-electron chi connectivity index (χ3n) is 8.49. The number of benzene rings is 1. The molecule has 3 fully saturated rings. The molecule has 0 unspecified atom stereocenters. The summed E-state index contributed by atoms with van der Waals surface area (Å²) in [5, 5.41) is 5.64. The third kappa shape index (κ3) is 7.79. The predicted octanol–water partition coefficient (Wildman–Crippen LogP) is 0.837. The van der Waals surface area contributed by atoms with Crippen LogP contribution in [0.4, 0.5) is 0 Å². The van der Waals surface area contributed by atoms with Crippen LogP contribution in [0.5, 0.6) is 0 Å². The first kappa shape index (κ1) is 29.0. The molecule has 1 aromatic carbocycles. The number of nitrogens with zero attached hydrogens (tertiary/aromatic N) is 2. The number of nitrogens with one attached hydrogen (secondary N) is 2. The van der Waals surface area contributed by atoms with Crippen molar-refractivity contribution in [3.63, 3.8) is 0 Å². The van der Waals surface area contributed by atoms with Crippen LogP contribution in [0.15, 0.2) is 30.3 Å². The van der Waals surface area contributed by atoms with Gasteiger partial charge in [0.1, 0.15) is 11.5 Å². The Hall–Kier alpha value is -2.98. The van der Waals surface area contributed by atoms with Gasteiger partial charge in [-0.05, 0) is 37.2 Å². The molecule has 1 aliphatic carbocycles. The van der Waals surface area contributed by atoms with Crippen LogP contribution in [0, 0.1) is 11.3 Å². The molecule has 1 saturated carbocycles. The summed E-state index contributed by atoms with van der Waals surface area (Å²) in [6.07, 6.45) is 4.96. The average molecular weight is 542 g/mol. The van der Waals surface area contributed by atoms with Gasteiger partial charge in [-0.1, -0.05) is 43.2 Å². The molecule has 1 atom stereocenters. The lowest BCUT2D eigenvalue weighted by Crippen LogP contribution is -2.55. The molecule has 2 saturated heterocycles. The van der Waals surface area contributed by atoms with Crippen LogP contribution in [-0.2, 0) is 30.3 Å². The topological polar surface area (TPSA) is 134 Å². The predicted molar refractivity (Wildman–Crippen MR) is 146 cm³/mol. The van der Waals surface area contributed by atoms with Crippen molar-refractivity contribution < 1.29 is 23.9 Å². The Balaban J connectivity index is 1.26. The largest absolute Gasteiger partial charge is 0.381 e. The summed E-state index contributed by atoms with van der Waals surface area (Å²) in [4.78, 5) is 55.7. The van der Waals surface area contributed by atoms with E-state index in [4.69, 9.17) is 10.5 Å². The Morgan fingerprint density at radius 1 is 1.00 bits per heavy atom. The first-order valence-corrected chi connectivity index (χ1v) is 14.4. The standard InChI is InChI=1S/C29H43N5O5/c30-27(37)29(11-4-5-12-29)28(38)32-24(20-22-6-2-1-3-7-22)26(36)31-13-8-25(35)34-16-14-33(15-17-34)21-23-9-18-39-19-10-23/h1-3,6-7,23-24H,4-5,8-21H2,(H2,30,37)(H,31,36)(H,32,38)/t24-/m1/s1. The van der Waals surface area contributed by atoms with E-state index < -0.39 is 23.3 Å². The lowest BCUT2D eigenvalue weighted by atomic mass is 9.84. The first-order chi connectivity index (χ1) is 18.9. The molecule has 10 heteroatoms. The Labute approximate surface area is 231 Å². The zero-order valence-electron chi connectivity index (χ0n) is 22.9. The lowest BCUT2D eigenvalue weighted by molar-refractivity contribution is -0.143. The zero-order valence-corrected chi connectivity index (χ0v) is 22.9. The van der Waals surface area contributed by atoms with Crippen LogP contribution in [0.25, 0.3) is 0 Å². The number of nitrogens with two attached hydrogens (primary N) is 1. The minimum atomic E-state index is -1.27. The monoisotopic (exact) mass is 541 g/mol. The summed E-state index contributed by atoms with van der Waals surface area (Å²) in [5.74, 6) is -0.817. The Morgan fingerprint density at radius 3 is 2.31 bits per heavy atom. The van der Waals surface area contributed by atoms with Gasteiger partial charge >= 0.3 is 0 Å². The molecule has 10 nitrogen and oxygen atoms in total. The van der Waals surface area contributed by atoms with Gasteiger partial charge in [-0.25, -0.2) is 0 Å². The van der Waals surface area contributed by atoms with Crippen LogP contribution in [0.1, 0.15) is 50.5 Å². The molecule has 0 spiro atoms. The van der Waals surface area contributed by atoms with E-state index in [1.165, 1.54) is 0 Å². The maximum Gasteiger partial charge on any atom is 0.242 e. The Kier molecular flexibility index (Phi) is 10.3. The van der Waals surface area contributed by atoms with Crippen molar-refractivity contribution in [3.05, 3.63) is 35.9 Å². The molecule has 3 aliphatic rings. The molecule has 1 aromatic rings. The molecular weight excluding hydrogens is 498 g/mol. The number of hydrogen-bond donors (Lipinski definition) is 3. The second-order valence-corrected chi connectivity index (χ2v) is 11.1. The minimum Gasteiger partial charge on any atom is -0.381 e.